The molecule has 0 fully saturated rings. The number of aliphatic hydroxyl groups excluding tert-OH is 2. The minimum atomic E-state index is -0.311. The van der Waals surface area contributed by atoms with Crippen LogP contribution >= 0.6 is 0 Å². The van der Waals surface area contributed by atoms with E-state index in [4.69, 9.17) is 15.9 Å². The van der Waals surface area contributed by atoms with Crippen molar-refractivity contribution in [3.05, 3.63) is 35.6 Å². The van der Waals surface area contributed by atoms with Gasteiger partial charge < -0.3 is 15.9 Å². The molecule has 0 saturated carbocycles. The van der Waals surface area contributed by atoms with Gasteiger partial charge in [0.25, 0.3) is 0 Å². The molecule has 4 nitrogen and oxygen atoms in total. The molecule has 1 unspecified atom stereocenters. The summed E-state index contributed by atoms with van der Waals surface area (Å²) in [7, 11) is 0. The molecule has 0 amide bonds. The minimum Gasteiger partial charge on any atom is -0.395 e. The predicted molar refractivity (Wildman–Crippen MR) is 63.9 cm³/mol. The van der Waals surface area contributed by atoms with E-state index in [0.29, 0.717) is 19.6 Å². The molecule has 4 N–H and O–H groups in total. The number of halogens is 1. The smallest absolute Gasteiger partial charge is 0.123 e. The Morgan fingerprint density at radius 3 is 2.35 bits per heavy atom. The lowest BCUT2D eigenvalue weighted by molar-refractivity contribution is 0.124. The van der Waals surface area contributed by atoms with Crippen molar-refractivity contribution in [1.82, 2.24) is 4.90 Å². The third-order valence-electron chi connectivity index (χ3n) is 2.67. The van der Waals surface area contributed by atoms with Crippen LogP contribution in [0.5, 0.6) is 0 Å². The Labute approximate surface area is 100 Å². The van der Waals surface area contributed by atoms with E-state index in [-0.39, 0.29) is 25.1 Å². The van der Waals surface area contributed by atoms with Crippen LogP contribution in [0.4, 0.5) is 4.39 Å². The van der Waals surface area contributed by atoms with Gasteiger partial charge in [-0.1, -0.05) is 12.1 Å². The summed E-state index contributed by atoms with van der Waals surface area (Å²) in [4.78, 5) is 1.84. The van der Waals surface area contributed by atoms with Gasteiger partial charge in [-0.3, -0.25) is 4.90 Å². The molecule has 0 aliphatic heterocycles. The molecular formula is C12H19FN2O2. The van der Waals surface area contributed by atoms with Gasteiger partial charge in [0, 0.05) is 25.7 Å². The summed E-state index contributed by atoms with van der Waals surface area (Å²) in [5.41, 5.74) is 6.45. The van der Waals surface area contributed by atoms with Gasteiger partial charge in [-0.15, -0.1) is 0 Å². The van der Waals surface area contributed by atoms with Crippen molar-refractivity contribution in [2.24, 2.45) is 5.73 Å². The van der Waals surface area contributed by atoms with Crippen molar-refractivity contribution in [2.75, 3.05) is 32.8 Å². The van der Waals surface area contributed by atoms with Crippen LogP contribution in [0.2, 0.25) is 0 Å². The number of nitrogens with two attached hydrogens (primary N) is 1. The van der Waals surface area contributed by atoms with E-state index in [1.54, 1.807) is 12.1 Å². The molecule has 1 rings (SSSR count). The van der Waals surface area contributed by atoms with Gasteiger partial charge in [-0.05, 0) is 17.7 Å². The number of rotatable bonds is 7. The fourth-order valence-electron chi connectivity index (χ4n) is 1.89. The van der Waals surface area contributed by atoms with E-state index in [1.165, 1.54) is 12.1 Å². The first kappa shape index (κ1) is 14.1. The highest BCUT2D eigenvalue weighted by Gasteiger charge is 2.18. The lowest BCUT2D eigenvalue weighted by Gasteiger charge is -2.30. The highest BCUT2D eigenvalue weighted by Crippen LogP contribution is 2.19. The second-order valence-electron chi connectivity index (χ2n) is 3.79. The SMILES string of the molecule is NCC(c1cccc(F)c1)N(CCO)CCO. The first-order valence-corrected chi connectivity index (χ1v) is 5.64. The zero-order valence-corrected chi connectivity index (χ0v) is 9.72. The van der Waals surface area contributed by atoms with E-state index >= 15 is 0 Å². The van der Waals surface area contributed by atoms with Gasteiger partial charge in [0.05, 0.1) is 13.2 Å². The Morgan fingerprint density at radius 2 is 1.88 bits per heavy atom. The average molecular weight is 242 g/mol. The van der Waals surface area contributed by atoms with Crippen LogP contribution in [0.25, 0.3) is 0 Å². The fraction of sp³-hybridized carbons (Fsp3) is 0.500. The Balaban J connectivity index is 2.87. The minimum absolute atomic E-state index is 0.0220. The summed E-state index contributed by atoms with van der Waals surface area (Å²) in [6.45, 7) is 1.07. The van der Waals surface area contributed by atoms with E-state index in [2.05, 4.69) is 0 Å². The molecular weight excluding hydrogens is 223 g/mol. The summed E-state index contributed by atoms with van der Waals surface area (Å²) in [6, 6.07) is 6.04. The van der Waals surface area contributed by atoms with Crippen molar-refractivity contribution in [3.63, 3.8) is 0 Å². The third-order valence-corrected chi connectivity index (χ3v) is 2.67. The lowest BCUT2D eigenvalue weighted by atomic mass is 10.1. The maximum absolute atomic E-state index is 13.1. The second kappa shape index (κ2) is 7.34. The summed E-state index contributed by atoms with van der Waals surface area (Å²) < 4.78 is 13.1. The van der Waals surface area contributed by atoms with Crippen molar-refractivity contribution >= 4 is 0 Å². The zero-order valence-electron chi connectivity index (χ0n) is 9.72. The molecule has 0 bridgehead atoms. The van der Waals surface area contributed by atoms with Crippen LogP contribution in [0, 0.1) is 5.82 Å². The van der Waals surface area contributed by atoms with Crippen LogP contribution in [0.15, 0.2) is 24.3 Å². The van der Waals surface area contributed by atoms with Gasteiger partial charge >= 0.3 is 0 Å². The maximum atomic E-state index is 13.1. The van der Waals surface area contributed by atoms with Crippen molar-refractivity contribution in [1.29, 1.82) is 0 Å². The first-order chi connectivity index (χ1) is 8.22. The molecule has 0 aliphatic rings. The summed E-state index contributed by atoms with van der Waals surface area (Å²) in [5.74, 6) is -0.311. The molecule has 0 saturated heterocycles. The molecule has 0 radical (unpaired) electrons. The number of hydrogen-bond donors (Lipinski definition) is 3. The summed E-state index contributed by atoms with van der Waals surface area (Å²) in [5, 5.41) is 17.9. The van der Waals surface area contributed by atoms with Crippen LogP contribution < -0.4 is 5.73 Å². The van der Waals surface area contributed by atoms with E-state index in [1.807, 2.05) is 4.90 Å². The Morgan fingerprint density at radius 1 is 1.24 bits per heavy atom. The maximum Gasteiger partial charge on any atom is 0.123 e. The Bertz CT molecular complexity index is 330. The molecule has 0 heterocycles. The normalized spacial score (nSPS) is 13.0. The van der Waals surface area contributed by atoms with Gasteiger partial charge in [-0.2, -0.15) is 0 Å². The van der Waals surface area contributed by atoms with Gasteiger partial charge in [0.2, 0.25) is 0 Å². The van der Waals surface area contributed by atoms with E-state index in [0.717, 1.165) is 5.56 Å². The molecule has 1 atom stereocenters. The molecule has 0 aliphatic carbocycles. The average Bonchev–Trinajstić information content (AvgIpc) is 2.31. The van der Waals surface area contributed by atoms with Crippen LogP contribution in [0.3, 0.4) is 0 Å². The molecule has 96 valence electrons. The van der Waals surface area contributed by atoms with Crippen LogP contribution in [-0.4, -0.2) is 48.0 Å². The van der Waals surface area contributed by atoms with Gasteiger partial charge in [0.15, 0.2) is 0 Å². The highest BCUT2D eigenvalue weighted by atomic mass is 19.1. The second-order valence-corrected chi connectivity index (χ2v) is 3.79. The standard InChI is InChI=1S/C12H19FN2O2/c13-11-3-1-2-10(8-11)12(9-14)15(4-6-16)5-7-17/h1-3,8,12,16-17H,4-7,9,14H2. The van der Waals surface area contributed by atoms with Crippen LogP contribution in [-0.2, 0) is 0 Å². The molecule has 17 heavy (non-hydrogen) atoms. The van der Waals surface area contributed by atoms with E-state index in [9.17, 15) is 4.39 Å². The Kier molecular flexibility index (Phi) is 6.07. The van der Waals surface area contributed by atoms with Gasteiger partial charge in [-0.25, -0.2) is 4.39 Å². The van der Waals surface area contributed by atoms with Gasteiger partial charge in [0.1, 0.15) is 5.82 Å². The van der Waals surface area contributed by atoms with E-state index < -0.39 is 0 Å². The molecule has 1 aromatic rings. The number of hydrogen-bond acceptors (Lipinski definition) is 4. The molecule has 0 aromatic heterocycles. The van der Waals surface area contributed by atoms with Crippen molar-refractivity contribution < 1.29 is 14.6 Å². The third kappa shape index (κ3) is 4.05. The summed E-state index contributed by atoms with van der Waals surface area (Å²) in [6.07, 6.45) is 0. The monoisotopic (exact) mass is 242 g/mol. The van der Waals surface area contributed by atoms with Crippen molar-refractivity contribution in [2.45, 2.75) is 6.04 Å². The molecule has 5 heteroatoms. The van der Waals surface area contributed by atoms with Crippen molar-refractivity contribution in [3.8, 4) is 0 Å². The lowest BCUT2D eigenvalue weighted by Crippen LogP contribution is -2.37. The topological polar surface area (TPSA) is 69.7 Å². The predicted octanol–water partition coefficient (Wildman–Crippen LogP) is 0.112. The molecule has 0 spiro atoms. The van der Waals surface area contributed by atoms with Crippen LogP contribution in [0.1, 0.15) is 11.6 Å². The largest absolute Gasteiger partial charge is 0.395 e. The highest BCUT2D eigenvalue weighted by molar-refractivity contribution is 5.20. The fourth-order valence-corrected chi connectivity index (χ4v) is 1.89. The number of benzene rings is 1. The quantitative estimate of drug-likeness (QED) is 0.635. The zero-order chi connectivity index (χ0) is 12.7. The summed E-state index contributed by atoms with van der Waals surface area (Å²) >= 11 is 0. The number of aliphatic hydroxyl groups is 2. The Hall–Kier alpha value is -1.01. The molecule has 1 aromatic carbocycles. The number of nitrogens with zero attached hydrogens (tertiary/aromatic N) is 1. The first-order valence-electron chi connectivity index (χ1n) is 5.64.